The molecule has 2 N–H and O–H groups in total. The van der Waals surface area contributed by atoms with Crippen LogP contribution in [0.1, 0.15) is 31.0 Å². The molecule has 2 aromatic rings. The average Bonchev–Trinajstić information content (AvgIpc) is 2.52. The first-order chi connectivity index (χ1) is 7.57. The van der Waals surface area contributed by atoms with Gasteiger partial charge in [-0.05, 0) is 17.5 Å². The van der Waals surface area contributed by atoms with Crippen molar-refractivity contribution in [2.24, 2.45) is 12.8 Å². The number of nitrogens with two attached hydrogens (primary N) is 1. The maximum atomic E-state index is 6.25. The number of hydrogen-bond acceptors (Lipinski definition) is 1. The van der Waals surface area contributed by atoms with Crippen LogP contribution in [0.15, 0.2) is 18.2 Å². The van der Waals surface area contributed by atoms with E-state index in [1.807, 2.05) is 19.2 Å². The number of aromatic nitrogens is 1. The van der Waals surface area contributed by atoms with E-state index < -0.39 is 0 Å². The molecule has 0 aliphatic heterocycles. The highest BCUT2D eigenvalue weighted by Gasteiger charge is 2.17. The molecule has 0 aliphatic carbocycles. The molecule has 0 fully saturated rings. The molecule has 0 aliphatic rings. The van der Waals surface area contributed by atoms with Crippen LogP contribution in [0.3, 0.4) is 0 Å². The maximum absolute atomic E-state index is 6.25. The van der Waals surface area contributed by atoms with Crippen molar-refractivity contribution in [1.29, 1.82) is 0 Å². The maximum Gasteiger partial charge on any atom is 0.0672 e. The molecule has 0 saturated heterocycles. The molecule has 2 nitrogen and oxygen atoms in total. The topological polar surface area (TPSA) is 30.9 Å². The van der Waals surface area contributed by atoms with Gasteiger partial charge < -0.3 is 10.3 Å². The second kappa shape index (κ2) is 4.11. The van der Waals surface area contributed by atoms with Crippen LogP contribution in [0.2, 0.25) is 5.02 Å². The molecule has 0 radical (unpaired) electrons. The number of fused-ring (bicyclic) bond motifs is 1. The number of nitrogens with zero attached hydrogens (tertiary/aromatic N) is 1. The molecule has 1 aromatic heterocycles. The monoisotopic (exact) mass is 236 g/mol. The molecule has 0 saturated carbocycles. The van der Waals surface area contributed by atoms with E-state index in [9.17, 15) is 0 Å². The SMILES string of the molecule is CC(C)c1c(CN)n(C)c2c(Cl)cccc12. The number of halogens is 1. The Bertz CT molecular complexity index is 526. The second-order valence-corrected chi connectivity index (χ2v) is 4.82. The number of aryl methyl sites for hydroxylation is 1. The van der Waals surface area contributed by atoms with E-state index in [-0.39, 0.29) is 0 Å². The normalized spacial score (nSPS) is 11.6. The highest BCUT2D eigenvalue weighted by Crippen LogP contribution is 2.34. The van der Waals surface area contributed by atoms with Gasteiger partial charge >= 0.3 is 0 Å². The lowest BCUT2D eigenvalue weighted by Crippen LogP contribution is -2.06. The first-order valence-corrected chi connectivity index (χ1v) is 5.91. The summed E-state index contributed by atoms with van der Waals surface area (Å²) in [5.74, 6) is 0.459. The van der Waals surface area contributed by atoms with Crippen LogP contribution >= 0.6 is 11.6 Å². The predicted octanol–water partition coefficient (Wildman–Crippen LogP) is 3.41. The second-order valence-electron chi connectivity index (χ2n) is 4.41. The minimum absolute atomic E-state index is 0.459. The molecule has 16 heavy (non-hydrogen) atoms. The molecular formula is C13H17ClN2. The summed E-state index contributed by atoms with van der Waals surface area (Å²) in [6.07, 6.45) is 0. The standard InChI is InChI=1S/C13H17ClN2/c1-8(2)12-9-5-4-6-10(14)13(9)16(3)11(12)7-15/h4-6,8H,7,15H2,1-3H3. The molecular weight excluding hydrogens is 220 g/mol. The van der Waals surface area contributed by atoms with Gasteiger partial charge in [0.15, 0.2) is 0 Å². The smallest absolute Gasteiger partial charge is 0.0672 e. The summed E-state index contributed by atoms with van der Waals surface area (Å²) in [6, 6.07) is 6.04. The molecule has 2 rings (SSSR count). The van der Waals surface area contributed by atoms with Crippen LogP contribution in [0.4, 0.5) is 0 Å². The number of para-hydroxylation sites is 1. The Hall–Kier alpha value is -0.990. The van der Waals surface area contributed by atoms with Crippen molar-refractivity contribution in [1.82, 2.24) is 4.57 Å². The average molecular weight is 237 g/mol. The third kappa shape index (κ3) is 1.53. The molecule has 0 atom stereocenters. The van der Waals surface area contributed by atoms with Gasteiger partial charge in [0.1, 0.15) is 0 Å². The van der Waals surface area contributed by atoms with E-state index in [0.29, 0.717) is 12.5 Å². The molecule has 0 unspecified atom stereocenters. The van der Waals surface area contributed by atoms with E-state index in [1.54, 1.807) is 0 Å². The highest BCUT2D eigenvalue weighted by atomic mass is 35.5. The fourth-order valence-corrected chi connectivity index (χ4v) is 2.74. The first-order valence-electron chi connectivity index (χ1n) is 5.53. The highest BCUT2D eigenvalue weighted by molar-refractivity contribution is 6.35. The van der Waals surface area contributed by atoms with Crippen molar-refractivity contribution in [3.8, 4) is 0 Å². The van der Waals surface area contributed by atoms with E-state index in [2.05, 4.69) is 24.5 Å². The van der Waals surface area contributed by atoms with Gasteiger partial charge in [-0.15, -0.1) is 0 Å². The number of benzene rings is 1. The predicted molar refractivity (Wildman–Crippen MR) is 69.9 cm³/mol. The summed E-state index contributed by atoms with van der Waals surface area (Å²) in [4.78, 5) is 0. The van der Waals surface area contributed by atoms with Crippen LogP contribution in [0, 0.1) is 0 Å². The zero-order chi connectivity index (χ0) is 11.9. The molecule has 0 bridgehead atoms. The Morgan fingerprint density at radius 2 is 2.06 bits per heavy atom. The van der Waals surface area contributed by atoms with Crippen LogP contribution in [0.5, 0.6) is 0 Å². The first kappa shape index (κ1) is 11.5. The van der Waals surface area contributed by atoms with Crippen molar-refractivity contribution in [2.45, 2.75) is 26.3 Å². The van der Waals surface area contributed by atoms with Gasteiger partial charge in [-0.2, -0.15) is 0 Å². The van der Waals surface area contributed by atoms with Crippen LogP contribution in [-0.4, -0.2) is 4.57 Å². The Morgan fingerprint density at radius 1 is 1.38 bits per heavy atom. The van der Waals surface area contributed by atoms with Gasteiger partial charge in [-0.25, -0.2) is 0 Å². The molecule has 1 aromatic carbocycles. The Labute approximate surface area is 101 Å². The lowest BCUT2D eigenvalue weighted by Gasteiger charge is -2.08. The zero-order valence-electron chi connectivity index (χ0n) is 9.92. The molecule has 0 spiro atoms. The lowest BCUT2D eigenvalue weighted by atomic mass is 9.99. The van der Waals surface area contributed by atoms with Crippen LogP contribution in [-0.2, 0) is 13.6 Å². The Kier molecular flexibility index (Phi) is 2.96. The molecule has 86 valence electrons. The summed E-state index contributed by atoms with van der Waals surface area (Å²) < 4.78 is 2.12. The minimum atomic E-state index is 0.459. The van der Waals surface area contributed by atoms with Gasteiger partial charge in [0.05, 0.1) is 10.5 Å². The lowest BCUT2D eigenvalue weighted by molar-refractivity contribution is 0.788. The molecule has 3 heteroatoms. The Morgan fingerprint density at radius 3 is 2.62 bits per heavy atom. The quantitative estimate of drug-likeness (QED) is 0.851. The fraction of sp³-hybridized carbons (Fsp3) is 0.385. The fourth-order valence-electron chi connectivity index (χ4n) is 2.44. The van der Waals surface area contributed by atoms with Crippen molar-refractivity contribution in [2.75, 3.05) is 0 Å². The van der Waals surface area contributed by atoms with Crippen molar-refractivity contribution < 1.29 is 0 Å². The summed E-state index contributed by atoms with van der Waals surface area (Å²) >= 11 is 6.25. The Balaban J connectivity index is 2.92. The van der Waals surface area contributed by atoms with Crippen LogP contribution in [0.25, 0.3) is 10.9 Å². The minimum Gasteiger partial charge on any atom is -0.345 e. The van der Waals surface area contributed by atoms with E-state index in [0.717, 1.165) is 10.5 Å². The third-order valence-electron chi connectivity index (χ3n) is 3.10. The van der Waals surface area contributed by atoms with Gasteiger partial charge in [-0.1, -0.05) is 37.6 Å². The van der Waals surface area contributed by atoms with Gasteiger partial charge in [0.25, 0.3) is 0 Å². The zero-order valence-corrected chi connectivity index (χ0v) is 10.7. The largest absolute Gasteiger partial charge is 0.345 e. The summed E-state index contributed by atoms with van der Waals surface area (Å²) in [6.45, 7) is 4.93. The van der Waals surface area contributed by atoms with Gasteiger partial charge in [0, 0.05) is 24.7 Å². The number of hydrogen-bond donors (Lipinski definition) is 1. The number of rotatable bonds is 2. The third-order valence-corrected chi connectivity index (χ3v) is 3.40. The van der Waals surface area contributed by atoms with Crippen molar-refractivity contribution in [3.05, 3.63) is 34.5 Å². The molecule has 1 heterocycles. The van der Waals surface area contributed by atoms with Crippen LogP contribution < -0.4 is 5.73 Å². The van der Waals surface area contributed by atoms with Crippen molar-refractivity contribution in [3.63, 3.8) is 0 Å². The van der Waals surface area contributed by atoms with Crippen molar-refractivity contribution >= 4 is 22.5 Å². The van der Waals surface area contributed by atoms with E-state index in [4.69, 9.17) is 17.3 Å². The molecule has 0 amide bonds. The van der Waals surface area contributed by atoms with Gasteiger partial charge in [-0.3, -0.25) is 0 Å². The summed E-state index contributed by atoms with van der Waals surface area (Å²) in [5, 5.41) is 2.02. The van der Waals surface area contributed by atoms with Gasteiger partial charge in [0.2, 0.25) is 0 Å². The van der Waals surface area contributed by atoms with E-state index >= 15 is 0 Å². The van der Waals surface area contributed by atoms with E-state index in [1.165, 1.54) is 16.6 Å². The summed E-state index contributed by atoms with van der Waals surface area (Å²) in [5.41, 5.74) is 9.43. The summed E-state index contributed by atoms with van der Waals surface area (Å²) in [7, 11) is 2.03.